The zero-order valence-corrected chi connectivity index (χ0v) is 10.6. The molecule has 0 radical (unpaired) electrons. The summed E-state index contributed by atoms with van der Waals surface area (Å²) in [6.07, 6.45) is 4.51. The standard InChI is InChI=1S/C15H15NO2/c1-9-7-11-3-4-13(12(11)8-10(9)2)16-14(17)5-6-15(16)18/h5-8,13H,3-4H2,1-2H3/t13-/m0/s1. The predicted molar refractivity (Wildman–Crippen MR) is 68.0 cm³/mol. The van der Waals surface area contributed by atoms with Crippen molar-refractivity contribution in [3.8, 4) is 0 Å². The molecule has 1 atom stereocenters. The van der Waals surface area contributed by atoms with Crippen molar-refractivity contribution in [2.75, 3.05) is 0 Å². The summed E-state index contributed by atoms with van der Waals surface area (Å²) in [4.78, 5) is 24.9. The first kappa shape index (κ1) is 11.2. The molecule has 1 heterocycles. The lowest BCUT2D eigenvalue weighted by Crippen LogP contribution is -2.33. The maximum absolute atomic E-state index is 11.8. The fourth-order valence-corrected chi connectivity index (χ4v) is 2.86. The quantitative estimate of drug-likeness (QED) is 0.707. The SMILES string of the molecule is Cc1cc2c(cc1C)[C@@H](N1C(=O)C=CC1=O)CC2. The van der Waals surface area contributed by atoms with Crippen LogP contribution in [0.3, 0.4) is 0 Å². The van der Waals surface area contributed by atoms with Gasteiger partial charge in [-0.3, -0.25) is 14.5 Å². The minimum Gasteiger partial charge on any atom is -0.269 e. The molecule has 1 aliphatic carbocycles. The van der Waals surface area contributed by atoms with E-state index in [1.165, 1.54) is 33.7 Å². The van der Waals surface area contributed by atoms with E-state index in [2.05, 4.69) is 26.0 Å². The van der Waals surface area contributed by atoms with Gasteiger partial charge < -0.3 is 0 Å². The van der Waals surface area contributed by atoms with E-state index in [0.29, 0.717) is 0 Å². The summed E-state index contributed by atoms with van der Waals surface area (Å²) in [6.45, 7) is 4.16. The number of carbonyl (C=O) groups excluding carboxylic acids is 2. The first-order valence-corrected chi connectivity index (χ1v) is 6.23. The molecule has 3 nitrogen and oxygen atoms in total. The zero-order chi connectivity index (χ0) is 12.9. The summed E-state index contributed by atoms with van der Waals surface area (Å²) < 4.78 is 0. The van der Waals surface area contributed by atoms with Gasteiger partial charge in [0, 0.05) is 12.2 Å². The van der Waals surface area contributed by atoms with Crippen LogP contribution in [0.1, 0.15) is 34.7 Å². The molecule has 0 N–H and O–H groups in total. The molecule has 0 saturated carbocycles. The van der Waals surface area contributed by atoms with E-state index >= 15 is 0 Å². The Morgan fingerprint density at radius 1 is 1.06 bits per heavy atom. The van der Waals surface area contributed by atoms with Crippen LogP contribution in [0, 0.1) is 13.8 Å². The summed E-state index contributed by atoms with van der Waals surface area (Å²) in [6, 6.07) is 4.24. The van der Waals surface area contributed by atoms with Crippen LogP contribution in [0.25, 0.3) is 0 Å². The first-order chi connectivity index (χ1) is 8.58. The normalized spacial score (nSPS) is 21.9. The number of aryl methyl sites for hydroxylation is 3. The summed E-state index contributed by atoms with van der Waals surface area (Å²) in [5.41, 5.74) is 4.90. The smallest absolute Gasteiger partial charge is 0.254 e. The van der Waals surface area contributed by atoms with Crippen molar-refractivity contribution in [1.29, 1.82) is 0 Å². The Morgan fingerprint density at radius 2 is 1.67 bits per heavy atom. The van der Waals surface area contributed by atoms with E-state index in [-0.39, 0.29) is 17.9 Å². The minimum atomic E-state index is -0.184. The molecule has 1 aromatic carbocycles. The van der Waals surface area contributed by atoms with E-state index < -0.39 is 0 Å². The molecule has 0 saturated heterocycles. The zero-order valence-electron chi connectivity index (χ0n) is 10.6. The fraction of sp³-hybridized carbons (Fsp3) is 0.333. The third-order valence-corrected chi connectivity index (χ3v) is 3.96. The van der Waals surface area contributed by atoms with Crippen LogP contribution in [0.2, 0.25) is 0 Å². The Morgan fingerprint density at radius 3 is 2.33 bits per heavy atom. The number of carbonyl (C=O) groups is 2. The van der Waals surface area contributed by atoms with Crippen LogP contribution in [0.4, 0.5) is 0 Å². The first-order valence-electron chi connectivity index (χ1n) is 6.23. The van der Waals surface area contributed by atoms with Gasteiger partial charge >= 0.3 is 0 Å². The summed E-state index contributed by atoms with van der Waals surface area (Å²) in [7, 11) is 0. The van der Waals surface area contributed by atoms with Crippen LogP contribution in [0.5, 0.6) is 0 Å². The average Bonchev–Trinajstić information content (AvgIpc) is 2.84. The average molecular weight is 241 g/mol. The molecule has 1 aliphatic heterocycles. The van der Waals surface area contributed by atoms with Gasteiger partial charge in [0.2, 0.25) is 0 Å². The van der Waals surface area contributed by atoms with Crippen LogP contribution < -0.4 is 0 Å². The number of benzene rings is 1. The van der Waals surface area contributed by atoms with Crippen LogP contribution in [0.15, 0.2) is 24.3 Å². The topological polar surface area (TPSA) is 37.4 Å². The van der Waals surface area contributed by atoms with E-state index in [0.717, 1.165) is 18.4 Å². The molecular weight excluding hydrogens is 226 g/mol. The monoisotopic (exact) mass is 241 g/mol. The Kier molecular flexibility index (Phi) is 2.37. The Bertz CT molecular complexity index is 568. The maximum atomic E-state index is 11.8. The van der Waals surface area contributed by atoms with Crippen molar-refractivity contribution in [2.24, 2.45) is 0 Å². The number of imide groups is 1. The highest BCUT2D eigenvalue weighted by molar-refractivity contribution is 6.13. The summed E-state index contributed by atoms with van der Waals surface area (Å²) >= 11 is 0. The highest BCUT2D eigenvalue weighted by atomic mass is 16.2. The number of rotatable bonds is 1. The van der Waals surface area contributed by atoms with Gasteiger partial charge in [0.05, 0.1) is 6.04 Å². The molecule has 0 aromatic heterocycles. The largest absolute Gasteiger partial charge is 0.269 e. The molecule has 0 unspecified atom stereocenters. The van der Waals surface area contributed by atoms with Gasteiger partial charge in [0.25, 0.3) is 11.8 Å². The molecule has 0 spiro atoms. The van der Waals surface area contributed by atoms with Gasteiger partial charge in [-0.15, -0.1) is 0 Å². The third-order valence-electron chi connectivity index (χ3n) is 3.96. The highest BCUT2D eigenvalue weighted by Gasteiger charge is 2.36. The van der Waals surface area contributed by atoms with Crippen molar-refractivity contribution in [3.05, 3.63) is 46.5 Å². The Labute approximate surface area is 106 Å². The minimum absolute atomic E-state index is 0.0747. The number of hydrogen-bond acceptors (Lipinski definition) is 2. The van der Waals surface area contributed by atoms with Crippen molar-refractivity contribution >= 4 is 11.8 Å². The lowest BCUT2D eigenvalue weighted by atomic mass is 10.00. The molecule has 3 heteroatoms. The van der Waals surface area contributed by atoms with E-state index in [1.807, 2.05) is 0 Å². The summed E-state index contributed by atoms with van der Waals surface area (Å²) in [5.74, 6) is -0.368. The van der Waals surface area contributed by atoms with Gasteiger partial charge in [-0.25, -0.2) is 0 Å². The van der Waals surface area contributed by atoms with Gasteiger partial charge in [0.1, 0.15) is 0 Å². The second-order valence-electron chi connectivity index (χ2n) is 5.07. The molecule has 3 rings (SSSR count). The van der Waals surface area contributed by atoms with Crippen LogP contribution in [-0.2, 0) is 16.0 Å². The van der Waals surface area contributed by atoms with Gasteiger partial charge in [0.15, 0.2) is 0 Å². The lowest BCUT2D eigenvalue weighted by Gasteiger charge is -2.23. The molecule has 0 bridgehead atoms. The van der Waals surface area contributed by atoms with Crippen LogP contribution >= 0.6 is 0 Å². The highest BCUT2D eigenvalue weighted by Crippen LogP contribution is 2.38. The van der Waals surface area contributed by atoms with E-state index in [1.54, 1.807) is 0 Å². The molecule has 2 aliphatic rings. The summed E-state index contributed by atoms with van der Waals surface area (Å²) in [5, 5.41) is 0. The maximum Gasteiger partial charge on any atom is 0.254 e. The van der Waals surface area contributed by atoms with Crippen molar-refractivity contribution in [1.82, 2.24) is 4.90 Å². The Balaban J connectivity index is 2.03. The Hall–Kier alpha value is -1.90. The third kappa shape index (κ3) is 1.50. The second kappa shape index (κ2) is 3.80. The molecule has 1 aromatic rings. The van der Waals surface area contributed by atoms with Crippen molar-refractivity contribution in [2.45, 2.75) is 32.7 Å². The predicted octanol–water partition coefficient (Wildman–Crippen LogP) is 2.22. The van der Waals surface area contributed by atoms with Crippen molar-refractivity contribution in [3.63, 3.8) is 0 Å². The number of fused-ring (bicyclic) bond motifs is 1. The molecule has 92 valence electrons. The number of hydrogen-bond donors (Lipinski definition) is 0. The fourth-order valence-electron chi connectivity index (χ4n) is 2.86. The van der Waals surface area contributed by atoms with Gasteiger partial charge in [-0.05, 0) is 48.9 Å². The number of amides is 2. The second-order valence-corrected chi connectivity index (χ2v) is 5.07. The number of nitrogens with zero attached hydrogens (tertiary/aromatic N) is 1. The van der Waals surface area contributed by atoms with Gasteiger partial charge in [-0.1, -0.05) is 12.1 Å². The van der Waals surface area contributed by atoms with Crippen LogP contribution in [-0.4, -0.2) is 16.7 Å². The van der Waals surface area contributed by atoms with Crippen molar-refractivity contribution < 1.29 is 9.59 Å². The molecular formula is C15H15NO2. The van der Waals surface area contributed by atoms with Gasteiger partial charge in [-0.2, -0.15) is 0 Å². The molecule has 18 heavy (non-hydrogen) atoms. The molecule has 0 fully saturated rings. The van der Waals surface area contributed by atoms with E-state index in [9.17, 15) is 9.59 Å². The van der Waals surface area contributed by atoms with E-state index in [4.69, 9.17) is 0 Å². The molecule has 2 amide bonds. The lowest BCUT2D eigenvalue weighted by molar-refractivity contribution is -0.139.